The van der Waals surface area contributed by atoms with Gasteiger partial charge in [-0.2, -0.15) is 0 Å². The van der Waals surface area contributed by atoms with E-state index in [0.717, 1.165) is 11.5 Å². The van der Waals surface area contributed by atoms with Crippen molar-refractivity contribution in [1.29, 1.82) is 0 Å². The minimum absolute atomic E-state index is 0.112. The van der Waals surface area contributed by atoms with Gasteiger partial charge in [-0.15, -0.1) is 0 Å². The first-order chi connectivity index (χ1) is 12.1. The molecule has 0 bridgehead atoms. The van der Waals surface area contributed by atoms with Gasteiger partial charge in [0.1, 0.15) is 5.82 Å². The molecule has 2 aromatic carbocycles. The van der Waals surface area contributed by atoms with Crippen LogP contribution >= 0.6 is 0 Å². The number of hydrogen-bond acceptors (Lipinski definition) is 1. The smallest absolute Gasteiger partial charge is 0.159 e. The lowest BCUT2D eigenvalue weighted by atomic mass is 9.77. The Bertz CT molecular complexity index is 724. The van der Waals surface area contributed by atoms with E-state index >= 15 is 0 Å². The summed E-state index contributed by atoms with van der Waals surface area (Å²) in [5.74, 6) is 1.11. The SMILES string of the molecule is CCCC1CCC(c2ccc(-c3ccc(C(C)=O)cc3F)cc2)CC1. The van der Waals surface area contributed by atoms with E-state index < -0.39 is 0 Å². The second kappa shape index (κ2) is 7.95. The maximum absolute atomic E-state index is 14.3. The number of rotatable bonds is 5. The zero-order chi connectivity index (χ0) is 17.8. The molecule has 1 aliphatic carbocycles. The molecule has 1 aliphatic rings. The summed E-state index contributed by atoms with van der Waals surface area (Å²) in [5.41, 5.74) is 3.22. The number of ketones is 1. The first kappa shape index (κ1) is 17.8. The zero-order valence-corrected chi connectivity index (χ0v) is 15.2. The summed E-state index contributed by atoms with van der Waals surface area (Å²) >= 11 is 0. The minimum Gasteiger partial charge on any atom is -0.295 e. The maximum atomic E-state index is 14.3. The van der Waals surface area contributed by atoms with Crippen molar-refractivity contribution >= 4 is 5.78 Å². The molecule has 1 saturated carbocycles. The van der Waals surface area contributed by atoms with Crippen molar-refractivity contribution < 1.29 is 9.18 Å². The number of halogens is 1. The molecule has 1 fully saturated rings. The number of carbonyl (C=O) groups excluding carboxylic acids is 1. The fourth-order valence-corrected chi connectivity index (χ4v) is 4.10. The van der Waals surface area contributed by atoms with Crippen LogP contribution in [0.25, 0.3) is 11.1 Å². The van der Waals surface area contributed by atoms with Crippen molar-refractivity contribution in [2.75, 3.05) is 0 Å². The van der Waals surface area contributed by atoms with Gasteiger partial charge in [0.2, 0.25) is 0 Å². The molecule has 1 nitrogen and oxygen atoms in total. The number of Topliss-reactive ketones (excluding diaryl/α,β-unsaturated/α-hetero) is 1. The summed E-state index contributed by atoms with van der Waals surface area (Å²) in [6.45, 7) is 3.73. The van der Waals surface area contributed by atoms with Crippen molar-refractivity contribution in [2.24, 2.45) is 5.92 Å². The predicted molar refractivity (Wildman–Crippen MR) is 101 cm³/mol. The van der Waals surface area contributed by atoms with Crippen molar-refractivity contribution in [3.8, 4) is 11.1 Å². The monoisotopic (exact) mass is 338 g/mol. The Labute approximate surface area is 150 Å². The van der Waals surface area contributed by atoms with Crippen LogP contribution in [-0.2, 0) is 0 Å². The van der Waals surface area contributed by atoms with Crippen LogP contribution in [0.15, 0.2) is 42.5 Å². The molecule has 25 heavy (non-hydrogen) atoms. The molecular weight excluding hydrogens is 311 g/mol. The van der Waals surface area contributed by atoms with Gasteiger partial charge in [-0.25, -0.2) is 4.39 Å². The van der Waals surface area contributed by atoms with Gasteiger partial charge in [-0.3, -0.25) is 4.79 Å². The Balaban J connectivity index is 1.72. The van der Waals surface area contributed by atoms with E-state index in [9.17, 15) is 9.18 Å². The van der Waals surface area contributed by atoms with Gasteiger partial charge in [-0.05, 0) is 61.6 Å². The van der Waals surface area contributed by atoms with Gasteiger partial charge in [0.25, 0.3) is 0 Å². The molecule has 132 valence electrons. The fourth-order valence-electron chi connectivity index (χ4n) is 4.10. The Hall–Kier alpha value is -1.96. The van der Waals surface area contributed by atoms with E-state index in [4.69, 9.17) is 0 Å². The van der Waals surface area contributed by atoms with Gasteiger partial charge in [-0.1, -0.05) is 56.2 Å². The average Bonchev–Trinajstić information content (AvgIpc) is 2.63. The van der Waals surface area contributed by atoms with Crippen LogP contribution in [0, 0.1) is 11.7 Å². The van der Waals surface area contributed by atoms with Crippen LogP contribution in [0.3, 0.4) is 0 Å². The molecule has 0 unspecified atom stereocenters. The highest BCUT2D eigenvalue weighted by Gasteiger charge is 2.21. The average molecular weight is 338 g/mol. The minimum atomic E-state index is -0.333. The third-order valence-corrected chi connectivity index (χ3v) is 5.61. The van der Waals surface area contributed by atoms with Crippen LogP contribution in [0.4, 0.5) is 4.39 Å². The molecule has 2 aromatic rings. The first-order valence-electron chi connectivity index (χ1n) is 9.49. The Morgan fingerprint density at radius 2 is 1.72 bits per heavy atom. The van der Waals surface area contributed by atoms with Crippen molar-refractivity contribution in [3.63, 3.8) is 0 Å². The van der Waals surface area contributed by atoms with Crippen LogP contribution in [0.1, 0.15) is 74.2 Å². The highest BCUT2D eigenvalue weighted by atomic mass is 19.1. The lowest BCUT2D eigenvalue weighted by Gasteiger charge is -2.28. The summed E-state index contributed by atoms with van der Waals surface area (Å²) < 4.78 is 14.3. The molecule has 0 aliphatic heterocycles. The molecule has 0 radical (unpaired) electrons. The van der Waals surface area contributed by atoms with Gasteiger partial charge in [0, 0.05) is 11.1 Å². The van der Waals surface area contributed by atoms with E-state index in [1.165, 1.54) is 57.1 Å². The zero-order valence-electron chi connectivity index (χ0n) is 15.2. The van der Waals surface area contributed by atoms with E-state index in [0.29, 0.717) is 17.0 Å². The molecule has 0 aromatic heterocycles. The summed E-state index contributed by atoms with van der Waals surface area (Å²) in [4.78, 5) is 11.4. The summed E-state index contributed by atoms with van der Waals surface area (Å²) in [6, 6.07) is 13.1. The predicted octanol–water partition coefficient (Wildman–Crippen LogP) is 6.77. The normalized spacial score (nSPS) is 20.4. The third kappa shape index (κ3) is 4.18. The van der Waals surface area contributed by atoms with Crippen LogP contribution in [-0.4, -0.2) is 5.78 Å². The highest BCUT2D eigenvalue weighted by Crippen LogP contribution is 2.38. The molecule has 0 atom stereocenters. The van der Waals surface area contributed by atoms with Crippen molar-refractivity contribution in [2.45, 2.75) is 58.3 Å². The van der Waals surface area contributed by atoms with Crippen LogP contribution in [0.5, 0.6) is 0 Å². The molecule has 0 amide bonds. The number of hydrogen-bond donors (Lipinski definition) is 0. The second-order valence-electron chi connectivity index (χ2n) is 7.38. The Kier molecular flexibility index (Phi) is 5.67. The lowest BCUT2D eigenvalue weighted by Crippen LogP contribution is -2.13. The van der Waals surface area contributed by atoms with Crippen molar-refractivity contribution in [1.82, 2.24) is 0 Å². The molecule has 0 spiro atoms. The Morgan fingerprint density at radius 3 is 2.28 bits per heavy atom. The van der Waals surface area contributed by atoms with Crippen molar-refractivity contribution in [3.05, 3.63) is 59.4 Å². The second-order valence-corrected chi connectivity index (χ2v) is 7.38. The standard InChI is InChI=1S/C23H27FO/c1-3-4-17-5-7-18(8-6-17)19-9-11-20(12-10-19)22-14-13-21(16(2)25)15-23(22)24/h9-15,17-18H,3-8H2,1-2H3. The first-order valence-corrected chi connectivity index (χ1v) is 9.49. The van der Waals surface area contributed by atoms with Gasteiger partial charge >= 0.3 is 0 Å². The molecule has 0 heterocycles. The fraction of sp³-hybridized carbons (Fsp3) is 0.435. The van der Waals surface area contributed by atoms with E-state index in [1.54, 1.807) is 12.1 Å². The van der Waals surface area contributed by atoms with Crippen LogP contribution in [0.2, 0.25) is 0 Å². The summed E-state index contributed by atoms with van der Waals surface area (Å²) in [6.07, 6.45) is 7.86. The third-order valence-electron chi connectivity index (χ3n) is 5.61. The van der Waals surface area contributed by atoms with E-state index in [-0.39, 0.29) is 11.6 Å². The highest BCUT2D eigenvalue weighted by molar-refractivity contribution is 5.94. The topological polar surface area (TPSA) is 17.1 Å². The molecule has 0 saturated heterocycles. The van der Waals surface area contributed by atoms with Gasteiger partial charge in [0.05, 0.1) is 0 Å². The Morgan fingerprint density at radius 1 is 1.04 bits per heavy atom. The van der Waals surface area contributed by atoms with E-state index in [2.05, 4.69) is 19.1 Å². The van der Waals surface area contributed by atoms with Gasteiger partial charge in [0.15, 0.2) is 5.78 Å². The lowest BCUT2D eigenvalue weighted by molar-refractivity contribution is 0.101. The maximum Gasteiger partial charge on any atom is 0.159 e. The molecule has 0 N–H and O–H groups in total. The number of benzene rings is 2. The summed E-state index contributed by atoms with van der Waals surface area (Å²) in [7, 11) is 0. The summed E-state index contributed by atoms with van der Waals surface area (Å²) in [5, 5.41) is 0. The van der Waals surface area contributed by atoms with Crippen LogP contribution < -0.4 is 0 Å². The molecule has 2 heteroatoms. The largest absolute Gasteiger partial charge is 0.295 e. The quantitative estimate of drug-likeness (QED) is 0.550. The molecular formula is C23H27FO. The van der Waals surface area contributed by atoms with Gasteiger partial charge < -0.3 is 0 Å². The van der Waals surface area contributed by atoms with E-state index in [1.807, 2.05) is 12.1 Å². The number of carbonyl (C=O) groups is 1. The molecule has 3 rings (SSSR count).